The summed E-state index contributed by atoms with van der Waals surface area (Å²) in [7, 11) is 0. The van der Waals surface area contributed by atoms with Crippen molar-refractivity contribution in [3.8, 4) is 0 Å². The Hall–Kier alpha value is -1.20. The summed E-state index contributed by atoms with van der Waals surface area (Å²) in [6, 6.07) is 0.319. The van der Waals surface area contributed by atoms with Crippen molar-refractivity contribution >= 4 is 11.3 Å². The number of rotatable bonds is 6. The number of hydrogen-bond acceptors (Lipinski definition) is 4. The van der Waals surface area contributed by atoms with E-state index in [9.17, 15) is 0 Å². The molecule has 1 unspecified atom stereocenters. The first-order chi connectivity index (χ1) is 8.70. The highest BCUT2D eigenvalue weighted by Crippen LogP contribution is 2.19. The van der Waals surface area contributed by atoms with Gasteiger partial charge in [0.25, 0.3) is 0 Å². The van der Waals surface area contributed by atoms with E-state index >= 15 is 0 Å². The maximum absolute atomic E-state index is 4.46. The largest absolute Gasteiger partial charge is 0.334 e. The topological polar surface area (TPSA) is 42.7 Å². The number of thiazole rings is 1. The number of aryl methyl sites for hydroxylation is 2. The normalized spacial score (nSPS) is 12.8. The molecule has 2 aromatic rings. The van der Waals surface area contributed by atoms with Crippen LogP contribution in [-0.2, 0) is 13.0 Å². The minimum absolute atomic E-state index is 0.319. The Kier molecular flexibility index (Phi) is 4.49. The van der Waals surface area contributed by atoms with Gasteiger partial charge in [-0.1, -0.05) is 6.92 Å². The fraction of sp³-hybridized carbons (Fsp3) is 0.538. The minimum atomic E-state index is 0.319. The maximum atomic E-state index is 4.46. The summed E-state index contributed by atoms with van der Waals surface area (Å²) in [5, 5.41) is 4.68. The molecule has 0 aliphatic heterocycles. The van der Waals surface area contributed by atoms with Crippen LogP contribution in [0.5, 0.6) is 0 Å². The number of imidazole rings is 1. The highest BCUT2D eigenvalue weighted by Gasteiger charge is 2.09. The monoisotopic (exact) mass is 264 g/mol. The molecule has 0 spiro atoms. The first kappa shape index (κ1) is 13.2. The molecule has 1 N–H and O–H groups in total. The van der Waals surface area contributed by atoms with Gasteiger partial charge in [0.1, 0.15) is 10.8 Å². The third-order valence-corrected chi connectivity index (χ3v) is 4.34. The van der Waals surface area contributed by atoms with Crippen LogP contribution < -0.4 is 5.32 Å². The van der Waals surface area contributed by atoms with Crippen LogP contribution >= 0.6 is 11.3 Å². The Labute approximate surface area is 112 Å². The zero-order chi connectivity index (χ0) is 13.0. The fourth-order valence-corrected chi connectivity index (χ4v) is 2.70. The lowest BCUT2D eigenvalue weighted by Crippen LogP contribution is -2.23. The average Bonchev–Trinajstić information content (AvgIpc) is 2.98. The molecule has 98 valence electrons. The molecule has 0 saturated carbocycles. The van der Waals surface area contributed by atoms with Gasteiger partial charge in [0, 0.05) is 36.6 Å². The quantitative estimate of drug-likeness (QED) is 0.872. The molecule has 0 saturated heterocycles. The van der Waals surface area contributed by atoms with Crippen molar-refractivity contribution in [2.75, 3.05) is 6.54 Å². The minimum Gasteiger partial charge on any atom is -0.334 e. The van der Waals surface area contributed by atoms with Crippen LogP contribution in [0.15, 0.2) is 18.6 Å². The Balaban J connectivity index is 1.81. The predicted molar refractivity (Wildman–Crippen MR) is 74.9 cm³/mol. The van der Waals surface area contributed by atoms with E-state index < -0.39 is 0 Å². The highest BCUT2D eigenvalue weighted by molar-refractivity contribution is 7.11. The summed E-state index contributed by atoms with van der Waals surface area (Å²) in [6.07, 6.45) is 6.91. The standard InChI is InChI=1S/C13H20N4S/c1-4-12-9-16-13(18-12)10(2)14-5-7-17-8-6-15-11(17)3/h6,8-10,14H,4-5,7H2,1-3H3. The Morgan fingerprint density at radius 3 is 2.89 bits per heavy atom. The SMILES string of the molecule is CCc1cnc(C(C)NCCn2ccnc2C)s1. The van der Waals surface area contributed by atoms with Crippen LogP contribution in [0.25, 0.3) is 0 Å². The lowest BCUT2D eigenvalue weighted by Gasteiger charge is -2.12. The van der Waals surface area contributed by atoms with E-state index in [0.717, 1.165) is 25.3 Å². The van der Waals surface area contributed by atoms with E-state index in [1.54, 1.807) is 11.3 Å². The van der Waals surface area contributed by atoms with E-state index in [1.807, 2.05) is 25.5 Å². The van der Waals surface area contributed by atoms with Crippen molar-refractivity contribution in [1.29, 1.82) is 0 Å². The van der Waals surface area contributed by atoms with Crippen molar-refractivity contribution in [2.45, 2.75) is 39.8 Å². The molecule has 2 heterocycles. The van der Waals surface area contributed by atoms with Crippen molar-refractivity contribution < 1.29 is 0 Å². The Bertz CT molecular complexity index is 489. The number of nitrogens with zero attached hydrogens (tertiary/aromatic N) is 3. The molecule has 0 bridgehead atoms. The molecule has 0 aromatic carbocycles. The van der Waals surface area contributed by atoms with Gasteiger partial charge in [0.2, 0.25) is 0 Å². The van der Waals surface area contributed by atoms with Gasteiger partial charge in [0.05, 0.1) is 6.04 Å². The number of nitrogens with one attached hydrogen (secondary N) is 1. The van der Waals surface area contributed by atoms with Crippen molar-refractivity contribution in [3.63, 3.8) is 0 Å². The Morgan fingerprint density at radius 2 is 2.28 bits per heavy atom. The van der Waals surface area contributed by atoms with Gasteiger partial charge >= 0.3 is 0 Å². The van der Waals surface area contributed by atoms with Crippen LogP contribution in [0.2, 0.25) is 0 Å². The van der Waals surface area contributed by atoms with Crippen LogP contribution in [0, 0.1) is 6.92 Å². The molecule has 0 aliphatic carbocycles. The summed E-state index contributed by atoms with van der Waals surface area (Å²) in [5.74, 6) is 1.06. The van der Waals surface area contributed by atoms with Crippen LogP contribution in [0.1, 0.15) is 35.6 Å². The molecular weight excluding hydrogens is 244 g/mol. The third-order valence-electron chi connectivity index (χ3n) is 3.02. The molecule has 0 aliphatic rings. The number of hydrogen-bond donors (Lipinski definition) is 1. The van der Waals surface area contributed by atoms with Crippen molar-refractivity contribution in [1.82, 2.24) is 19.9 Å². The third kappa shape index (κ3) is 3.17. The van der Waals surface area contributed by atoms with Gasteiger partial charge < -0.3 is 9.88 Å². The summed E-state index contributed by atoms with van der Waals surface area (Å²) in [5.41, 5.74) is 0. The second-order valence-corrected chi connectivity index (χ2v) is 5.51. The van der Waals surface area contributed by atoms with Gasteiger partial charge in [-0.2, -0.15) is 0 Å². The Morgan fingerprint density at radius 1 is 1.44 bits per heavy atom. The molecule has 5 heteroatoms. The van der Waals surface area contributed by atoms with E-state index in [4.69, 9.17) is 0 Å². The molecule has 0 fully saturated rings. The summed E-state index contributed by atoms with van der Waals surface area (Å²) in [4.78, 5) is 10.0. The lowest BCUT2D eigenvalue weighted by molar-refractivity contribution is 0.524. The fourth-order valence-electron chi connectivity index (χ4n) is 1.82. The van der Waals surface area contributed by atoms with Gasteiger partial charge in [-0.25, -0.2) is 9.97 Å². The predicted octanol–water partition coefficient (Wildman–Crippen LogP) is 2.56. The van der Waals surface area contributed by atoms with E-state index in [0.29, 0.717) is 6.04 Å². The van der Waals surface area contributed by atoms with Crippen LogP contribution in [-0.4, -0.2) is 21.1 Å². The van der Waals surface area contributed by atoms with Gasteiger partial charge in [-0.3, -0.25) is 0 Å². The summed E-state index contributed by atoms with van der Waals surface area (Å²) < 4.78 is 2.15. The van der Waals surface area contributed by atoms with Gasteiger partial charge in [-0.15, -0.1) is 11.3 Å². The van der Waals surface area contributed by atoms with Gasteiger partial charge in [-0.05, 0) is 20.3 Å². The molecule has 4 nitrogen and oxygen atoms in total. The second-order valence-electron chi connectivity index (χ2n) is 4.36. The molecule has 2 rings (SSSR count). The van der Waals surface area contributed by atoms with Crippen LogP contribution in [0.4, 0.5) is 0 Å². The molecule has 0 amide bonds. The second kappa shape index (κ2) is 6.11. The molecule has 2 aromatic heterocycles. The van der Waals surface area contributed by atoms with E-state index in [1.165, 1.54) is 9.88 Å². The summed E-state index contributed by atoms with van der Waals surface area (Å²) >= 11 is 1.80. The zero-order valence-corrected chi connectivity index (χ0v) is 12.0. The van der Waals surface area contributed by atoms with Gasteiger partial charge in [0.15, 0.2) is 0 Å². The zero-order valence-electron chi connectivity index (χ0n) is 11.2. The van der Waals surface area contributed by atoms with Crippen molar-refractivity contribution in [3.05, 3.63) is 34.3 Å². The van der Waals surface area contributed by atoms with Crippen molar-refractivity contribution in [2.24, 2.45) is 0 Å². The lowest BCUT2D eigenvalue weighted by atomic mass is 10.3. The summed E-state index contributed by atoms with van der Waals surface area (Å²) in [6.45, 7) is 8.23. The van der Waals surface area contributed by atoms with E-state index in [2.05, 4.69) is 33.7 Å². The molecule has 0 radical (unpaired) electrons. The van der Waals surface area contributed by atoms with E-state index in [-0.39, 0.29) is 0 Å². The first-order valence-corrected chi connectivity index (χ1v) is 7.18. The smallest absolute Gasteiger partial charge is 0.109 e. The number of aromatic nitrogens is 3. The average molecular weight is 264 g/mol. The molecular formula is C13H20N4S. The first-order valence-electron chi connectivity index (χ1n) is 6.36. The van der Waals surface area contributed by atoms with Crippen LogP contribution in [0.3, 0.4) is 0 Å². The molecule has 1 atom stereocenters. The molecule has 18 heavy (non-hydrogen) atoms. The maximum Gasteiger partial charge on any atom is 0.109 e. The highest BCUT2D eigenvalue weighted by atomic mass is 32.1.